The Bertz CT molecular complexity index is 1760. The van der Waals surface area contributed by atoms with Crippen LogP contribution in [0, 0.1) is 27.7 Å². The molecule has 4 aromatic carbocycles. The Labute approximate surface area is 383 Å². The molecule has 0 amide bonds. The Morgan fingerprint density at radius 1 is 0.433 bits per heavy atom. The topological polar surface area (TPSA) is 77.5 Å². The van der Waals surface area contributed by atoms with E-state index in [1.807, 2.05) is 148 Å². The van der Waals surface area contributed by atoms with Crippen molar-refractivity contribution in [2.24, 2.45) is 0 Å². The second kappa shape index (κ2) is 24.8. The van der Waals surface area contributed by atoms with Crippen LogP contribution in [0.2, 0.25) is 0 Å². The van der Waals surface area contributed by atoms with E-state index in [-0.39, 0.29) is 34.0 Å². The molecule has 0 aliphatic heterocycles. The van der Waals surface area contributed by atoms with Crippen molar-refractivity contribution in [2.45, 2.75) is 67.2 Å². The van der Waals surface area contributed by atoms with Crippen LogP contribution in [-0.4, -0.2) is 98.9 Å². The van der Waals surface area contributed by atoms with Crippen LogP contribution in [-0.2, 0) is 9.13 Å². The molecule has 0 aliphatic carbocycles. The molecular formula is C46H70Br2N4O6P2. The highest BCUT2D eigenvalue weighted by Crippen LogP contribution is 2.54. The van der Waals surface area contributed by atoms with Crippen molar-refractivity contribution >= 4 is 15.5 Å². The van der Waals surface area contributed by atoms with Gasteiger partial charge in [-0.2, -0.15) is 9.34 Å². The molecule has 4 aromatic rings. The van der Waals surface area contributed by atoms with Gasteiger partial charge in [0.2, 0.25) is 0 Å². The zero-order valence-electron chi connectivity index (χ0n) is 37.6. The average Bonchev–Trinajstić information content (AvgIpc) is 3.17. The molecule has 0 atom stereocenters. The molecule has 0 unspecified atom stereocenters. The smallest absolute Gasteiger partial charge is 0.515 e. The van der Waals surface area contributed by atoms with Crippen molar-refractivity contribution in [3.8, 4) is 23.0 Å². The Morgan fingerprint density at radius 3 is 0.917 bits per heavy atom. The van der Waals surface area contributed by atoms with Gasteiger partial charge in [0, 0.05) is 13.1 Å². The van der Waals surface area contributed by atoms with E-state index in [2.05, 4.69) is 28.2 Å². The van der Waals surface area contributed by atoms with Gasteiger partial charge in [0.1, 0.15) is 23.0 Å². The molecule has 0 N–H and O–H groups in total. The maximum atomic E-state index is 14.7. The van der Waals surface area contributed by atoms with Crippen molar-refractivity contribution in [3.05, 3.63) is 119 Å². The van der Waals surface area contributed by atoms with Gasteiger partial charge in [-0.1, -0.05) is 86.6 Å². The van der Waals surface area contributed by atoms with E-state index in [0.29, 0.717) is 49.2 Å². The van der Waals surface area contributed by atoms with E-state index in [0.717, 1.165) is 83.1 Å². The third-order valence-corrected chi connectivity index (χ3v) is 14.9. The lowest BCUT2D eigenvalue weighted by molar-refractivity contribution is -0.890. The van der Waals surface area contributed by atoms with Crippen molar-refractivity contribution in [1.82, 2.24) is 9.34 Å². The van der Waals surface area contributed by atoms with E-state index in [1.54, 1.807) is 0 Å². The maximum absolute atomic E-state index is 14.7. The molecule has 0 fully saturated rings. The van der Waals surface area contributed by atoms with Crippen LogP contribution in [0.1, 0.15) is 61.8 Å². The summed E-state index contributed by atoms with van der Waals surface area (Å²) in [5, 5.41) is 0. The molecule has 0 aromatic heterocycles. The highest BCUT2D eigenvalue weighted by Gasteiger charge is 2.39. The first-order chi connectivity index (χ1) is 27.5. The zero-order chi connectivity index (χ0) is 42.4. The first-order valence-corrected chi connectivity index (χ1v) is 23.8. The summed E-state index contributed by atoms with van der Waals surface area (Å²) in [6.07, 6.45) is 4.47. The number of quaternary nitrogens is 2. The van der Waals surface area contributed by atoms with Crippen molar-refractivity contribution < 1.29 is 70.2 Å². The van der Waals surface area contributed by atoms with Gasteiger partial charge in [-0.25, -0.2) is 9.13 Å². The lowest BCUT2D eigenvalue weighted by Gasteiger charge is -2.35. The number of nitrogens with zero attached hydrogens (tertiary/aromatic N) is 4. The SMILES string of the molecule is CCN(CC[N+](C)(C)CCCCCC[N+](C)(C)CCN(CC)P(=O)(Oc1ccccc1C)Oc1ccccc1C)P(=O)(Oc1ccccc1C)Oc1ccccc1C.[Br-].[Br-]. The Kier molecular flexibility index (Phi) is 22.1. The monoisotopic (exact) mass is 994 g/mol. The standard InChI is InChI=1S/C46H70N4O6P2.2BrH/c1-11-47(57(51,53-43-29-19-15-25-39(43)3)54-44-30-20-16-26-40(44)4)33-37-49(7,8)35-23-13-14-24-36-50(9,10)38-34-48(12-2)58(52,55-45-31-21-17-27-41(45)5)56-46-32-22-18-28-42(46)6;;/h15-22,25-32H,11-14,23-24,33-38H2,1-10H3;2*1H/q+2;;/p-2. The second-order valence-corrected chi connectivity index (χ2v) is 20.4. The molecule has 0 saturated heterocycles. The minimum absolute atomic E-state index is 0. The molecule has 0 aliphatic rings. The summed E-state index contributed by atoms with van der Waals surface area (Å²) in [5.74, 6) is 2.26. The number of rotatable bonds is 25. The van der Waals surface area contributed by atoms with Crippen LogP contribution in [0.4, 0.5) is 0 Å². The number of para-hydroxylation sites is 4. The van der Waals surface area contributed by atoms with E-state index in [9.17, 15) is 9.13 Å². The molecule has 10 nitrogen and oxygen atoms in total. The minimum atomic E-state index is -3.74. The van der Waals surface area contributed by atoms with Crippen LogP contribution in [0.5, 0.6) is 23.0 Å². The summed E-state index contributed by atoms with van der Waals surface area (Å²) in [7, 11) is 1.49. The average molecular weight is 997 g/mol. The molecular weight excluding hydrogens is 926 g/mol. The third-order valence-electron chi connectivity index (χ3n) is 10.9. The van der Waals surface area contributed by atoms with Crippen LogP contribution in [0.25, 0.3) is 0 Å². The highest BCUT2D eigenvalue weighted by atomic mass is 79.9. The molecule has 0 bridgehead atoms. The number of aryl methyl sites for hydroxylation is 4. The summed E-state index contributed by atoms with van der Waals surface area (Å²) in [5.41, 5.74) is 3.63. The van der Waals surface area contributed by atoms with E-state index >= 15 is 0 Å². The van der Waals surface area contributed by atoms with Crippen molar-refractivity contribution in [1.29, 1.82) is 0 Å². The van der Waals surface area contributed by atoms with Gasteiger partial charge >= 0.3 is 15.5 Å². The lowest BCUT2D eigenvalue weighted by atomic mass is 10.1. The predicted octanol–water partition coefficient (Wildman–Crippen LogP) is 5.12. The predicted molar refractivity (Wildman–Crippen MR) is 239 cm³/mol. The largest absolute Gasteiger partial charge is 1.00 e. The Balaban J connectivity index is 0.00000620. The minimum Gasteiger partial charge on any atom is -1.00 e. The number of likely N-dealkylation sites (N-methyl/N-ethyl adjacent to an activating group) is 4. The third kappa shape index (κ3) is 16.2. The van der Waals surface area contributed by atoms with Crippen LogP contribution < -0.4 is 52.1 Å². The summed E-state index contributed by atoms with van der Waals surface area (Å²) in [4.78, 5) is 0. The molecule has 0 saturated carbocycles. The van der Waals surface area contributed by atoms with Gasteiger partial charge in [-0.3, -0.25) is 0 Å². The normalized spacial score (nSPS) is 12.1. The lowest BCUT2D eigenvalue weighted by Crippen LogP contribution is -3.00. The fraction of sp³-hybridized carbons (Fsp3) is 0.478. The first-order valence-electron chi connectivity index (χ1n) is 20.9. The van der Waals surface area contributed by atoms with Gasteiger partial charge < -0.3 is 61.0 Å². The van der Waals surface area contributed by atoms with Gasteiger partial charge in [0.15, 0.2) is 0 Å². The fourth-order valence-corrected chi connectivity index (χ4v) is 10.4. The van der Waals surface area contributed by atoms with Crippen molar-refractivity contribution in [2.75, 3.05) is 80.5 Å². The number of halogens is 2. The second-order valence-electron chi connectivity index (χ2n) is 16.6. The van der Waals surface area contributed by atoms with Gasteiger partial charge in [0.05, 0.1) is 67.5 Å². The quantitative estimate of drug-likeness (QED) is 0.0516. The van der Waals surface area contributed by atoms with Gasteiger partial charge in [0.25, 0.3) is 0 Å². The van der Waals surface area contributed by atoms with Crippen molar-refractivity contribution in [3.63, 3.8) is 0 Å². The molecule has 4 rings (SSSR count). The van der Waals surface area contributed by atoms with Gasteiger partial charge in [-0.15, -0.1) is 0 Å². The number of hydrogen-bond acceptors (Lipinski definition) is 6. The first kappa shape index (κ1) is 53.5. The van der Waals surface area contributed by atoms with Gasteiger partial charge in [-0.05, 0) is 99.9 Å². The molecule has 0 heterocycles. The Hall–Kier alpha value is -2.66. The molecule has 0 radical (unpaired) electrons. The number of hydrogen-bond donors (Lipinski definition) is 0. The maximum Gasteiger partial charge on any atom is 0.515 e. The summed E-state index contributed by atoms with van der Waals surface area (Å²) < 4.78 is 59.9. The van der Waals surface area contributed by atoms with E-state index < -0.39 is 15.5 Å². The number of benzene rings is 4. The summed E-state index contributed by atoms with van der Waals surface area (Å²) in [6.45, 7) is 17.6. The van der Waals surface area contributed by atoms with E-state index in [1.165, 1.54) is 0 Å². The molecule has 14 heteroatoms. The fourth-order valence-electron chi connectivity index (χ4n) is 6.74. The number of unbranched alkanes of at least 4 members (excludes halogenated alkanes) is 3. The molecule has 334 valence electrons. The van der Waals surface area contributed by atoms with Crippen LogP contribution in [0.3, 0.4) is 0 Å². The Morgan fingerprint density at radius 2 is 0.683 bits per heavy atom. The zero-order valence-corrected chi connectivity index (χ0v) is 42.6. The molecule has 0 spiro atoms. The highest BCUT2D eigenvalue weighted by molar-refractivity contribution is 7.52. The summed E-state index contributed by atoms with van der Waals surface area (Å²) in [6, 6.07) is 30.6. The summed E-state index contributed by atoms with van der Waals surface area (Å²) >= 11 is 0. The van der Waals surface area contributed by atoms with Crippen LogP contribution >= 0.6 is 15.5 Å². The molecule has 60 heavy (non-hydrogen) atoms. The van der Waals surface area contributed by atoms with Crippen LogP contribution in [0.15, 0.2) is 97.1 Å². The van der Waals surface area contributed by atoms with E-state index in [4.69, 9.17) is 18.1 Å².